The fourth-order valence-corrected chi connectivity index (χ4v) is 3.43. The van der Waals surface area contributed by atoms with E-state index in [1.807, 2.05) is 29.8 Å². The molecule has 9 heteroatoms. The third kappa shape index (κ3) is 7.12. The largest absolute Gasteiger partial charge is 0.493 e. The van der Waals surface area contributed by atoms with E-state index >= 15 is 0 Å². The van der Waals surface area contributed by atoms with E-state index in [1.165, 1.54) is 0 Å². The Bertz CT molecular complexity index is 896. The molecule has 1 aliphatic rings. The van der Waals surface area contributed by atoms with Gasteiger partial charge in [-0.05, 0) is 32.4 Å². The molecular formula is C22H33IN6O2. The molecule has 0 saturated heterocycles. The van der Waals surface area contributed by atoms with Crippen LogP contribution in [0.4, 0.5) is 0 Å². The number of amides is 1. The zero-order valence-electron chi connectivity index (χ0n) is 18.7. The number of guanidine groups is 1. The zero-order chi connectivity index (χ0) is 21.5. The summed E-state index contributed by atoms with van der Waals surface area (Å²) in [7, 11) is 3.48. The van der Waals surface area contributed by atoms with Crippen LogP contribution in [0.2, 0.25) is 0 Å². The molecule has 1 unspecified atom stereocenters. The van der Waals surface area contributed by atoms with E-state index in [9.17, 15) is 4.79 Å². The lowest BCUT2D eigenvalue weighted by atomic mass is 10.0. The molecule has 0 saturated carbocycles. The van der Waals surface area contributed by atoms with E-state index in [4.69, 9.17) is 4.74 Å². The van der Waals surface area contributed by atoms with Gasteiger partial charge in [-0.1, -0.05) is 18.2 Å². The predicted octanol–water partition coefficient (Wildman–Crippen LogP) is 2.66. The third-order valence-electron chi connectivity index (χ3n) is 5.08. The molecule has 1 atom stereocenters. The van der Waals surface area contributed by atoms with Gasteiger partial charge in [0.1, 0.15) is 12.3 Å². The molecule has 0 bridgehead atoms. The quantitative estimate of drug-likeness (QED) is 0.244. The lowest BCUT2D eigenvalue weighted by Crippen LogP contribution is -2.42. The van der Waals surface area contributed by atoms with Crippen molar-refractivity contribution < 1.29 is 9.53 Å². The topological polar surface area (TPSA) is 83.8 Å². The summed E-state index contributed by atoms with van der Waals surface area (Å²) in [6, 6.07) is 10.2. The Kier molecular flexibility index (Phi) is 9.60. The summed E-state index contributed by atoms with van der Waals surface area (Å²) in [5, 5.41) is 11.4. The Hall–Kier alpha value is -2.30. The van der Waals surface area contributed by atoms with E-state index in [1.54, 1.807) is 19.0 Å². The Morgan fingerprint density at radius 3 is 2.81 bits per heavy atom. The number of nitrogens with one attached hydrogen (secondary N) is 2. The zero-order valence-corrected chi connectivity index (χ0v) is 21.1. The molecule has 8 nitrogen and oxygen atoms in total. The smallest absolute Gasteiger partial charge is 0.243 e. The first-order valence-electron chi connectivity index (χ1n) is 10.4. The molecule has 1 aromatic heterocycles. The second-order valence-electron chi connectivity index (χ2n) is 7.76. The normalized spacial score (nSPS) is 15.4. The van der Waals surface area contributed by atoms with Crippen LogP contribution in [0.1, 0.15) is 35.8 Å². The van der Waals surface area contributed by atoms with Crippen LogP contribution in [0.5, 0.6) is 5.75 Å². The molecule has 1 aromatic carbocycles. The van der Waals surface area contributed by atoms with Gasteiger partial charge in [0.25, 0.3) is 0 Å². The third-order valence-corrected chi connectivity index (χ3v) is 5.08. The molecule has 0 aliphatic carbocycles. The van der Waals surface area contributed by atoms with Crippen LogP contribution in [0.15, 0.2) is 35.3 Å². The number of nitrogens with zero attached hydrogens (tertiary/aromatic N) is 4. The van der Waals surface area contributed by atoms with Gasteiger partial charge in [-0.3, -0.25) is 9.48 Å². The van der Waals surface area contributed by atoms with Crippen LogP contribution >= 0.6 is 24.0 Å². The summed E-state index contributed by atoms with van der Waals surface area (Å²) in [4.78, 5) is 18.1. The summed E-state index contributed by atoms with van der Waals surface area (Å²) in [6.07, 6.45) is 1.74. The maximum atomic E-state index is 12.0. The van der Waals surface area contributed by atoms with E-state index in [0.29, 0.717) is 12.6 Å². The summed E-state index contributed by atoms with van der Waals surface area (Å²) in [5.74, 6) is 1.50. The highest BCUT2D eigenvalue weighted by Gasteiger charge is 2.22. The molecule has 2 heterocycles. The number of aryl methyl sites for hydroxylation is 3. The number of aliphatic imine (C=N–C) groups is 1. The van der Waals surface area contributed by atoms with E-state index in [0.717, 1.165) is 48.6 Å². The number of carbonyl (C=O) groups excluding carboxylic acids is 1. The van der Waals surface area contributed by atoms with Gasteiger partial charge < -0.3 is 20.3 Å². The van der Waals surface area contributed by atoms with Crippen molar-refractivity contribution in [2.24, 2.45) is 4.99 Å². The maximum Gasteiger partial charge on any atom is 0.243 e. The van der Waals surface area contributed by atoms with Crippen molar-refractivity contribution in [1.82, 2.24) is 25.3 Å². The standard InChI is InChI=1S/C22H32N6O2.HI/c1-16-14-17(2)28(26-16)12-7-11-23-22(24-15-21(29)27(3)4)25-19-10-13-30-20-9-6-5-8-18(19)20;/h5-6,8-9,14,19H,7,10-13,15H2,1-4H3,(H2,23,24,25);1H. The van der Waals surface area contributed by atoms with Gasteiger partial charge in [-0.25, -0.2) is 4.99 Å². The van der Waals surface area contributed by atoms with Gasteiger partial charge in [0.15, 0.2) is 5.96 Å². The molecule has 0 spiro atoms. The number of halogens is 1. The Labute approximate surface area is 201 Å². The molecule has 2 N–H and O–H groups in total. The second kappa shape index (κ2) is 11.9. The van der Waals surface area contributed by atoms with Gasteiger partial charge in [0.05, 0.1) is 18.3 Å². The molecule has 2 aromatic rings. The lowest BCUT2D eigenvalue weighted by Gasteiger charge is -2.28. The summed E-state index contributed by atoms with van der Waals surface area (Å²) < 4.78 is 7.77. The van der Waals surface area contributed by atoms with Crippen molar-refractivity contribution in [2.45, 2.75) is 39.3 Å². The van der Waals surface area contributed by atoms with Crippen LogP contribution in [0, 0.1) is 13.8 Å². The Morgan fingerprint density at radius 1 is 1.32 bits per heavy atom. The van der Waals surface area contributed by atoms with Gasteiger partial charge in [0.2, 0.25) is 5.91 Å². The fourth-order valence-electron chi connectivity index (χ4n) is 3.43. The predicted molar refractivity (Wildman–Crippen MR) is 133 cm³/mol. The second-order valence-corrected chi connectivity index (χ2v) is 7.76. The van der Waals surface area contributed by atoms with Crippen molar-refractivity contribution >= 4 is 35.8 Å². The lowest BCUT2D eigenvalue weighted by molar-refractivity contribution is -0.127. The molecule has 1 amide bonds. The number of hydrogen-bond donors (Lipinski definition) is 2. The highest BCUT2D eigenvalue weighted by Crippen LogP contribution is 2.31. The van der Waals surface area contributed by atoms with Crippen molar-refractivity contribution in [3.8, 4) is 5.75 Å². The van der Waals surface area contributed by atoms with Crippen LogP contribution in [-0.2, 0) is 11.3 Å². The Balaban J connectivity index is 0.00000341. The number of rotatable bonds is 7. The van der Waals surface area contributed by atoms with Crippen LogP contribution in [0.25, 0.3) is 0 Å². The molecule has 3 rings (SSSR count). The summed E-state index contributed by atoms with van der Waals surface area (Å²) in [5.41, 5.74) is 3.31. The summed E-state index contributed by atoms with van der Waals surface area (Å²) in [6.45, 7) is 6.38. The van der Waals surface area contributed by atoms with Gasteiger partial charge >= 0.3 is 0 Å². The van der Waals surface area contributed by atoms with E-state index in [2.05, 4.69) is 39.8 Å². The van der Waals surface area contributed by atoms with E-state index < -0.39 is 0 Å². The monoisotopic (exact) mass is 540 g/mol. The first-order chi connectivity index (χ1) is 14.4. The van der Waals surface area contributed by atoms with Crippen LogP contribution in [0.3, 0.4) is 0 Å². The minimum atomic E-state index is -0.0360. The van der Waals surface area contributed by atoms with Crippen molar-refractivity contribution in [3.05, 3.63) is 47.3 Å². The number of aromatic nitrogens is 2. The summed E-state index contributed by atoms with van der Waals surface area (Å²) >= 11 is 0. The number of fused-ring (bicyclic) bond motifs is 1. The van der Waals surface area contributed by atoms with Crippen molar-refractivity contribution in [1.29, 1.82) is 0 Å². The number of hydrogen-bond acceptors (Lipinski definition) is 4. The van der Waals surface area contributed by atoms with Crippen LogP contribution < -0.4 is 15.4 Å². The minimum Gasteiger partial charge on any atom is -0.493 e. The molecule has 1 aliphatic heterocycles. The molecular weight excluding hydrogens is 507 g/mol. The van der Waals surface area contributed by atoms with Crippen LogP contribution in [-0.4, -0.2) is 60.3 Å². The van der Waals surface area contributed by atoms with Gasteiger partial charge in [-0.2, -0.15) is 5.10 Å². The molecule has 170 valence electrons. The first-order valence-corrected chi connectivity index (χ1v) is 10.4. The highest BCUT2D eigenvalue weighted by atomic mass is 127. The SMILES string of the molecule is Cc1cc(C)n(CCCNC(=NCC(=O)N(C)C)NC2CCOc3ccccc32)n1.I. The molecule has 0 radical (unpaired) electrons. The average molecular weight is 540 g/mol. The highest BCUT2D eigenvalue weighted by molar-refractivity contribution is 14.0. The van der Waals surface area contributed by atoms with Gasteiger partial charge in [0, 0.05) is 44.9 Å². The number of ether oxygens (including phenoxy) is 1. The number of carbonyl (C=O) groups is 1. The van der Waals surface area contributed by atoms with E-state index in [-0.39, 0.29) is 42.5 Å². The minimum absolute atomic E-state index is 0. The Morgan fingerprint density at radius 2 is 2.10 bits per heavy atom. The fraction of sp³-hybridized carbons (Fsp3) is 0.500. The molecule has 0 fully saturated rings. The van der Waals surface area contributed by atoms with Crippen molar-refractivity contribution in [2.75, 3.05) is 33.8 Å². The van der Waals surface area contributed by atoms with Crippen molar-refractivity contribution in [3.63, 3.8) is 0 Å². The maximum absolute atomic E-state index is 12.0. The average Bonchev–Trinajstić information content (AvgIpc) is 3.05. The number of benzene rings is 1. The first kappa shape index (κ1) is 25.0. The number of likely N-dealkylation sites (N-methyl/N-ethyl adjacent to an activating group) is 1. The number of para-hydroxylation sites is 1. The molecule has 31 heavy (non-hydrogen) atoms. The van der Waals surface area contributed by atoms with Gasteiger partial charge in [-0.15, -0.1) is 24.0 Å².